The third-order valence-electron chi connectivity index (χ3n) is 4.34. The van der Waals surface area contributed by atoms with E-state index in [0.717, 1.165) is 11.6 Å². The molecule has 0 unspecified atom stereocenters. The minimum absolute atomic E-state index is 0.0301. The topological polar surface area (TPSA) is 107 Å². The number of hydrogen-bond acceptors (Lipinski definition) is 6. The van der Waals surface area contributed by atoms with Gasteiger partial charge in [-0.1, -0.05) is 17.7 Å². The molecule has 2 aromatic carbocycles. The van der Waals surface area contributed by atoms with Crippen LogP contribution in [0.5, 0.6) is 28.7 Å². The Kier molecular flexibility index (Phi) is 4.50. The smallest absolute Gasteiger partial charge is 0.174 e. The summed E-state index contributed by atoms with van der Waals surface area (Å²) in [6.45, 7) is 3.83. The lowest BCUT2D eigenvalue weighted by Gasteiger charge is -2.28. The second-order valence-electron chi connectivity index (χ2n) is 6.57. The molecule has 0 bridgehead atoms. The molecule has 1 aliphatic rings. The Morgan fingerprint density at radius 3 is 2.46 bits per heavy atom. The molecule has 1 atom stereocenters. The van der Waals surface area contributed by atoms with Gasteiger partial charge in [0.2, 0.25) is 0 Å². The van der Waals surface area contributed by atoms with E-state index in [9.17, 15) is 25.2 Å². The van der Waals surface area contributed by atoms with Crippen LogP contribution in [0.25, 0.3) is 0 Å². The molecule has 3 rings (SSSR count). The number of fused-ring (bicyclic) bond motifs is 1. The maximum absolute atomic E-state index is 12.6. The van der Waals surface area contributed by atoms with Gasteiger partial charge in [0, 0.05) is 11.6 Å². The molecular formula is C20H20O6. The quantitative estimate of drug-likeness (QED) is 0.493. The van der Waals surface area contributed by atoms with Gasteiger partial charge in [0.15, 0.2) is 17.3 Å². The van der Waals surface area contributed by atoms with E-state index in [1.54, 1.807) is 6.07 Å². The second-order valence-corrected chi connectivity index (χ2v) is 6.57. The molecule has 6 nitrogen and oxygen atoms in total. The molecule has 26 heavy (non-hydrogen) atoms. The number of phenols is 4. The number of carbonyl (C=O) groups is 1. The third kappa shape index (κ3) is 3.18. The predicted octanol–water partition coefficient (Wildman–Crippen LogP) is 3.72. The van der Waals surface area contributed by atoms with E-state index in [0.29, 0.717) is 17.5 Å². The average Bonchev–Trinajstić information content (AvgIpc) is 2.56. The van der Waals surface area contributed by atoms with Crippen molar-refractivity contribution in [1.82, 2.24) is 0 Å². The summed E-state index contributed by atoms with van der Waals surface area (Å²) in [5.74, 6) is -1.23. The van der Waals surface area contributed by atoms with Gasteiger partial charge in [-0.3, -0.25) is 4.79 Å². The summed E-state index contributed by atoms with van der Waals surface area (Å²) in [4.78, 5) is 12.6. The molecule has 0 radical (unpaired) electrons. The highest BCUT2D eigenvalue weighted by Crippen LogP contribution is 2.46. The molecule has 6 heteroatoms. The van der Waals surface area contributed by atoms with Crippen LogP contribution in [0, 0.1) is 0 Å². The zero-order chi connectivity index (χ0) is 19.0. The molecule has 2 aromatic rings. The first kappa shape index (κ1) is 17.7. The van der Waals surface area contributed by atoms with Crippen molar-refractivity contribution in [1.29, 1.82) is 0 Å². The number of hydrogen-bond donors (Lipinski definition) is 4. The first-order valence-electron chi connectivity index (χ1n) is 8.20. The Labute approximate surface area is 150 Å². The van der Waals surface area contributed by atoms with E-state index in [4.69, 9.17) is 4.74 Å². The maximum atomic E-state index is 12.6. The Bertz CT molecular complexity index is 909. The molecule has 136 valence electrons. The van der Waals surface area contributed by atoms with Crippen molar-refractivity contribution in [2.24, 2.45) is 0 Å². The molecular weight excluding hydrogens is 336 g/mol. The van der Waals surface area contributed by atoms with E-state index in [-0.39, 0.29) is 46.5 Å². The van der Waals surface area contributed by atoms with Crippen molar-refractivity contribution < 1.29 is 30.0 Å². The van der Waals surface area contributed by atoms with Gasteiger partial charge in [0.05, 0.1) is 6.42 Å². The van der Waals surface area contributed by atoms with Crippen molar-refractivity contribution in [3.05, 3.63) is 52.6 Å². The standard InChI is InChI=1S/C20H20O6/c1-10(2)3-5-12-14(22)8-16(24)19-17(25)9-18(26-20(12)19)11-4-6-13(21)15(23)7-11/h3-4,6-8,18,21-24H,5,9H2,1-2H3/t18-/m1/s1. The van der Waals surface area contributed by atoms with Crippen LogP contribution in [0.2, 0.25) is 0 Å². The number of ketones is 1. The van der Waals surface area contributed by atoms with E-state index >= 15 is 0 Å². The SMILES string of the molecule is CC(C)=CCc1c(O)cc(O)c2c1O[C@@H](c1ccc(O)c(O)c1)CC2=O. The van der Waals surface area contributed by atoms with E-state index in [1.807, 2.05) is 19.9 Å². The third-order valence-corrected chi connectivity index (χ3v) is 4.34. The summed E-state index contributed by atoms with van der Waals surface area (Å²) in [6.07, 6.45) is 1.50. The summed E-state index contributed by atoms with van der Waals surface area (Å²) < 4.78 is 5.95. The summed E-state index contributed by atoms with van der Waals surface area (Å²) >= 11 is 0. The summed E-state index contributed by atoms with van der Waals surface area (Å²) in [7, 11) is 0. The van der Waals surface area contributed by atoms with Crippen molar-refractivity contribution in [3.63, 3.8) is 0 Å². The van der Waals surface area contributed by atoms with Gasteiger partial charge in [0.1, 0.15) is 28.9 Å². The van der Waals surface area contributed by atoms with Gasteiger partial charge < -0.3 is 25.2 Å². The fourth-order valence-corrected chi connectivity index (χ4v) is 2.96. The van der Waals surface area contributed by atoms with Crippen LogP contribution < -0.4 is 4.74 Å². The van der Waals surface area contributed by atoms with Crippen LogP contribution in [0.1, 0.15) is 47.9 Å². The Balaban J connectivity index is 2.08. The van der Waals surface area contributed by atoms with Crippen molar-refractivity contribution >= 4 is 5.78 Å². The molecule has 0 saturated carbocycles. The number of rotatable bonds is 3. The largest absolute Gasteiger partial charge is 0.507 e. The maximum Gasteiger partial charge on any atom is 0.174 e. The minimum Gasteiger partial charge on any atom is -0.507 e. The highest BCUT2D eigenvalue weighted by molar-refractivity contribution is 6.03. The number of aromatic hydroxyl groups is 4. The highest BCUT2D eigenvalue weighted by Gasteiger charge is 2.33. The van der Waals surface area contributed by atoms with E-state index < -0.39 is 6.10 Å². The number of phenolic OH excluding ortho intramolecular Hbond substituents is 4. The lowest BCUT2D eigenvalue weighted by molar-refractivity contribution is 0.0842. The number of ether oxygens (including phenoxy) is 1. The summed E-state index contributed by atoms with van der Waals surface area (Å²) in [5.41, 5.74) is 2.02. The first-order valence-corrected chi connectivity index (χ1v) is 8.20. The molecule has 1 heterocycles. The summed E-state index contributed by atoms with van der Waals surface area (Å²) in [6, 6.07) is 5.35. The molecule has 0 amide bonds. The second kappa shape index (κ2) is 6.63. The van der Waals surface area contributed by atoms with E-state index in [1.165, 1.54) is 12.1 Å². The fraction of sp³-hybridized carbons (Fsp3) is 0.250. The van der Waals surface area contributed by atoms with Gasteiger partial charge in [-0.05, 0) is 38.0 Å². The van der Waals surface area contributed by atoms with E-state index in [2.05, 4.69) is 0 Å². The van der Waals surface area contributed by atoms with Gasteiger partial charge in [-0.25, -0.2) is 0 Å². The zero-order valence-corrected chi connectivity index (χ0v) is 14.5. The molecule has 4 N–H and O–H groups in total. The monoisotopic (exact) mass is 356 g/mol. The van der Waals surface area contributed by atoms with Crippen molar-refractivity contribution in [2.45, 2.75) is 32.8 Å². The Hall–Kier alpha value is -3.15. The summed E-state index contributed by atoms with van der Waals surface area (Å²) in [5, 5.41) is 39.5. The average molecular weight is 356 g/mol. The molecule has 0 fully saturated rings. The molecule has 1 aliphatic heterocycles. The van der Waals surface area contributed by atoms with Gasteiger partial charge in [0.25, 0.3) is 0 Å². The van der Waals surface area contributed by atoms with Gasteiger partial charge in [-0.2, -0.15) is 0 Å². The lowest BCUT2D eigenvalue weighted by Crippen LogP contribution is -2.21. The first-order chi connectivity index (χ1) is 12.3. The highest BCUT2D eigenvalue weighted by atomic mass is 16.5. The molecule has 0 aromatic heterocycles. The van der Waals surface area contributed by atoms with Crippen LogP contribution in [-0.2, 0) is 6.42 Å². The fourth-order valence-electron chi connectivity index (χ4n) is 2.96. The number of allylic oxidation sites excluding steroid dienone is 2. The number of carbonyl (C=O) groups excluding carboxylic acids is 1. The normalized spacial score (nSPS) is 15.9. The molecule has 0 spiro atoms. The lowest BCUT2D eigenvalue weighted by atomic mass is 9.92. The molecule has 0 aliphatic carbocycles. The Morgan fingerprint density at radius 1 is 1.08 bits per heavy atom. The van der Waals surface area contributed by atoms with Crippen LogP contribution in [-0.4, -0.2) is 26.2 Å². The van der Waals surface area contributed by atoms with Gasteiger partial charge >= 0.3 is 0 Å². The van der Waals surface area contributed by atoms with Crippen molar-refractivity contribution in [2.75, 3.05) is 0 Å². The number of benzene rings is 2. The van der Waals surface area contributed by atoms with Crippen LogP contribution in [0.15, 0.2) is 35.9 Å². The number of Topliss-reactive ketones (excluding diaryl/α,β-unsaturated/α-hetero) is 1. The van der Waals surface area contributed by atoms with Gasteiger partial charge in [-0.15, -0.1) is 0 Å². The Morgan fingerprint density at radius 2 is 1.81 bits per heavy atom. The van der Waals surface area contributed by atoms with Crippen LogP contribution in [0.3, 0.4) is 0 Å². The zero-order valence-electron chi connectivity index (χ0n) is 14.5. The molecule has 0 saturated heterocycles. The predicted molar refractivity (Wildman–Crippen MR) is 95.0 cm³/mol. The van der Waals surface area contributed by atoms with Crippen LogP contribution in [0.4, 0.5) is 0 Å². The van der Waals surface area contributed by atoms with Crippen LogP contribution >= 0.6 is 0 Å². The van der Waals surface area contributed by atoms with Crippen molar-refractivity contribution in [3.8, 4) is 28.7 Å². The minimum atomic E-state index is -0.701.